The van der Waals surface area contributed by atoms with Crippen LogP contribution in [0.15, 0.2) is 48.7 Å². The minimum Gasteiger partial charge on any atom is -0.347 e. The Balaban J connectivity index is 1.95. The number of benzene rings is 1. The Kier molecular flexibility index (Phi) is 4.66. The van der Waals surface area contributed by atoms with Gasteiger partial charge in [-0.15, -0.1) is 0 Å². The molecule has 0 saturated heterocycles. The second-order valence-electron chi connectivity index (χ2n) is 4.79. The lowest BCUT2D eigenvalue weighted by Gasteiger charge is -2.10. The first-order valence-electron chi connectivity index (χ1n) is 6.58. The van der Waals surface area contributed by atoms with Crippen LogP contribution in [0, 0.1) is 0 Å². The smallest absolute Gasteiger partial charge is 0.270 e. The summed E-state index contributed by atoms with van der Waals surface area (Å²) in [4.78, 5) is 29.1. The summed E-state index contributed by atoms with van der Waals surface area (Å²) < 4.78 is 0. The monoisotopic (exact) mass is 283 g/mol. The number of carbonyl (C=O) groups is 2. The number of rotatable bonds is 4. The van der Waals surface area contributed by atoms with Gasteiger partial charge in [0.15, 0.2) is 0 Å². The Bertz CT molecular complexity index is 622. The lowest BCUT2D eigenvalue weighted by atomic mass is 10.1. The molecule has 0 aliphatic rings. The third-order valence-corrected chi connectivity index (χ3v) is 2.96. The quantitative estimate of drug-likeness (QED) is 0.929. The fourth-order valence-corrected chi connectivity index (χ4v) is 1.79. The number of nitrogens with one attached hydrogen (secondary N) is 1. The predicted molar refractivity (Wildman–Crippen MR) is 79.9 cm³/mol. The maximum atomic E-state index is 11.8. The van der Waals surface area contributed by atoms with E-state index in [4.69, 9.17) is 0 Å². The first-order chi connectivity index (χ1) is 10.1. The van der Waals surface area contributed by atoms with Gasteiger partial charge >= 0.3 is 0 Å². The highest BCUT2D eigenvalue weighted by molar-refractivity contribution is 5.94. The van der Waals surface area contributed by atoms with Crippen molar-refractivity contribution in [3.8, 4) is 0 Å². The molecule has 0 atom stereocenters. The van der Waals surface area contributed by atoms with Gasteiger partial charge in [0.1, 0.15) is 5.69 Å². The van der Waals surface area contributed by atoms with Crippen molar-refractivity contribution in [1.29, 1.82) is 0 Å². The summed E-state index contributed by atoms with van der Waals surface area (Å²) in [5.74, 6) is -0.261. The molecule has 0 radical (unpaired) electrons. The third kappa shape index (κ3) is 3.89. The molecule has 5 heteroatoms. The fourth-order valence-electron chi connectivity index (χ4n) is 1.79. The average Bonchev–Trinajstić information content (AvgIpc) is 2.53. The summed E-state index contributed by atoms with van der Waals surface area (Å²) in [5, 5.41) is 2.79. The van der Waals surface area contributed by atoms with Gasteiger partial charge in [-0.05, 0) is 29.8 Å². The normalized spacial score (nSPS) is 10.0. The van der Waals surface area contributed by atoms with Gasteiger partial charge in [0, 0.05) is 32.4 Å². The summed E-state index contributed by atoms with van der Waals surface area (Å²) >= 11 is 0. The van der Waals surface area contributed by atoms with Gasteiger partial charge < -0.3 is 10.2 Å². The van der Waals surface area contributed by atoms with E-state index in [2.05, 4.69) is 10.3 Å². The lowest BCUT2D eigenvalue weighted by Crippen LogP contribution is -2.24. The first kappa shape index (κ1) is 14.7. The van der Waals surface area contributed by atoms with Crippen LogP contribution in [0.5, 0.6) is 0 Å². The van der Waals surface area contributed by atoms with Gasteiger partial charge in [-0.2, -0.15) is 0 Å². The number of hydrogen-bond donors (Lipinski definition) is 1. The topological polar surface area (TPSA) is 62.3 Å². The predicted octanol–water partition coefficient (Wildman–Crippen LogP) is 1.71. The van der Waals surface area contributed by atoms with Gasteiger partial charge in [-0.25, -0.2) is 0 Å². The third-order valence-electron chi connectivity index (χ3n) is 2.96. The van der Waals surface area contributed by atoms with Crippen molar-refractivity contribution < 1.29 is 9.59 Å². The molecule has 0 saturated carbocycles. The van der Waals surface area contributed by atoms with Crippen LogP contribution in [0.1, 0.15) is 26.4 Å². The number of hydrogen-bond acceptors (Lipinski definition) is 3. The number of carbonyl (C=O) groups excluding carboxylic acids is 2. The highest BCUT2D eigenvalue weighted by Gasteiger charge is 2.08. The fraction of sp³-hybridized carbons (Fsp3) is 0.188. The molecule has 0 aliphatic heterocycles. The van der Waals surface area contributed by atoms with Crippen molar-refractivity contribution >= 4 is 11.8 Å². The van der Waals surface area contributed by atoms with Crippen molar-refractivity contribution in [1.82, 2.24) is 15.2 Å². The van der Waals surface area contributed by atoms with Crippen molar-refractivity contribution in [2.24, 2.45) is 0 Å². The van der Waals surface area contributed by atoms with Crippen LogP contribution in [-0.2, 0) is 6.54 Å². The Morgan fingerprint density at radius 2 is 1.81 bits per heavy atom. The van der Waals surface area contributed by atoms with Crippen LogP contribution in [0.3, 0.4) is 0 Å². The standard InChI is InChI=1S/C16H17N3O2/c1-19(2)16(21)13-8-6-12(7-9-13)11-18-15(20)14-5-3-4-10-17-14/h3-10H,11H2,1-2H3,(H,18,20). The first-order valence-corrected chi connectivity index (χ1v) is 6.58. The average molecular weight is 283 g/mol. The number of nitrogens with zero attached hydrogens (tertiary/aromatic N) is 2. The van der Waals surface area contributed by atoms with Crippen LogP contribution in [0.4, 0.5) is 0 Å². The van der Waals surface area contributed by atoms with E-state index >= 15 is 0 Å². The SMILES string of the molecule is CN(C)C(=O)c1ccc(CNC(=O)c2ccccn2)cc1. The molecule has 1 aromatic heterocycles. The van der Waals surface area contributed by atoms with E-state index in [1.165, 1.54) is 4.90 Å². The van der Waals surface area contributed by atoms with Crippen LogP contribution in [0.25, 0.3) is 0 Å². The van der Waals surface area contributed by atoms with E-state index in [9.17, 15) is 9.59 Å². The Hall–Kier alpha value is -2.69. The van der Waals surface area contributed by atoms with Gasteiger partial charge in [0.05, 0.1) is 0 Å². The maximum absolute atomic E-state index is 11.8. The molecular formula is C16H17N3O2. The molecule has 21 heavy (non-hydrogen) atoms. The molecule has 0 bridgehead atoms. The zero-order valence-corrected chi connectivity index (χ0v) is 12.0. The second kappa shape index (κ2) is 6.65. The minimum atomic E-state index is -0.218. The number of pyridine rings is 1. The Morgan fingerprint density at radius 1 is 1.10 bits per heavy atom. The molecule has 1 N–H and O–H groups in total. The molecule has 0 unspecified atom stereocenters. The van der Waals surface area contributed by atoms with Crippen LogP contribution >= 0.6 is 0 Å². The van der Waals surface area contributed by atoms with E-state index in [1.807, 2.05) is 12.1 Å². The summed E-state index contributed by atoms with van der Waals surface area (Å²) in [6, 6.07) is 12.4. The zero-order valence-electron chi connectivity index (χ0n) is 12.0. The highest BCUT2D eigenvalue weighted by Crippen LogP contribution is 2.06. The summed E-state index contributed by atoms with van der Waals surface area (Å²) in [5.41, 5.74) is 1.94. The van der Waals surface area contributed by atoms with Gasteiger partial charge in [-0.3, -0.25) is 14.6 Å². The van der Waals surface area contributed by atoms with Crippen molar-refractivity contribution in [3.63, 3.8) is 0 Å². The van der Waals surface area contributed by atoms with E-state index in [0.29, 0.717) is 17.8 Å². The summed E-state index contributed by atoms with van der Waals surface area (Å²) in [7, 11) is 3.42. The lowest BCUT2D eigenvalue weighted by molar-refractivity contribution is 0.0827. The molecule has 2 rings (SSSR count). The number of aromatic nitrogens is 1. The summed E-state index contributed by atoms with van der Waals surface area (Å²) in [6.45, 7) is 0.395. The Morgan fingerprint density at radius 3 is 2.38 bits per heavy atom. The van der Waals surface area contributed by atoms with Crippen LogP contribution in [0.2, 0.25) is 0 Å². The van der Waals surface area contributed by atoms with E-state index < -0.39 is 0 Å². The van der Waals surface area contributed by atoms with Gasteiger partial charge in [-0.1, -0.05) is 18.2 Å². The Labute approximate surface area is 123 Å². The number of amides is 2. The molecule has 5 nitrogen and oxygen atoms in total. The largest absolute Gasteiger partial charge is 0.347 e. The van der Waals surface area contributed by atoms with Gasteiger partial charge in [0.25, 0.3) is 11.8 Å². The summed E-state index contributed by atoms with van der Waals surface area (Å²) in [6.07, 6.45) is 1.58. The molecule has 1 aromatic carbocycles. The minimum absolute atomic E-state index is 0.0425. The van der Waals surface area contributed by atoms with E-state index in [1.54, 1.807) is 50.6 Å². The molecule has 0 aliphatic carbocycles. The van der Waals surface area contributed by atoms with E-state index in [0.717, 1.165) is 5.56 Å². The van der Waals surface area contributed by atoms with Crippen LogP contribution in [-0.4, -0.2) is 35.8 Å². The second-order valence-corrected chi connectivity index (χ2v) is 4.79. The zero-order chi connectivity index (χ0) is 15.2. The van der Waals surface area contributed by atoms with Crippen molar-refractivity contribution in [2.45, 2.75) is 6.54 Å². The molecule has 2 amide bonds. The van der Waals surface area contributed by atoms with Gasteiger partial charge in [0.2, 0.25) is 0 Å². The molecule has 0 spiro atoms. The maximum Gasteiger partial charge on any atom is 0.270 e. The van der Waals surface area contributed by atoms with Crippen molar-refractivity contribution in [2.75, 3.05) is 14.1 Å². The van der Waals surface area contributed by atoms with E-state index in [-0.39, 0.29) is 11.8 Å². The molecular weight excluding hydrogens is 266 g/mol. The molecule has 1 heterocycles. The molecule has 2 aromatic rings. The molecule has 108 valence electrons. The van der Waals surface area contributed by atoms with Crippen molar-refractivity contribution in [3.05, 3.63) is 65.5 Å². The van der Waals surface area contributed by atoms with Crippen LogP contribution < -0.4 is 5.32 Å². The highest BCUT2D eigenvalue weighted by atomic mass is 16.2. The molecule has 0 fully saturated rings.